The van der Waals surface area contributed by atoms with E-state index in [-0.39, 0.29) is 0 Å². The number of nitrogens with zero attached hydrogens (tertiary/aromatic N) is 4. The molecule has 12 rings (SSSR count). The van der Waals surface area contributed by atoms with Gasteiger partial charge in [-0.1, -0.05) is 133 Å². The minimum atomic E-state index is 0.691. The van der Waals surface area contributed by atoms with Crippen molar-refractivity contribution in [2.45, 2.75) is 0 Å². The van der Waals surface area contributed by atoms with Crippen LogP contribution < -0.4 is 0 Å². The van der Waals surface area contributed by atoms with Crippen molar-refractivity contribution in [2.75, 3.05) is 0 Å². The van der Waals surface area contributed by atoms with E-state index >= 15 is 0 Å². The van der Waals surface area contributed by atoms with E-state index in [0.717, 1.165) is 88.5 Å². The molecule has 12 aromatic rings. The van der Waals surface area contributed by atoms with E-state index in [0.29, 0.717) is 5.82 Å². The lowest BCUT2D eigenvalue weighted by Gasteiger charge is -2.14. The van der Waals surface area contributed by atoms with Gasteiger partial charge in [0.1, 0.15) is 5.58 Å². The normalized spacial score (nSPS) is 12.0. The zero-order valence-electron chi connectivity index (χ0n) is 29.5. The summed E-state index contributed by atoms with van der Waals surface area (Å²) in [4.78, 5) is 10.4. The molecule has 0 aliphatic rings. The van der Waals surface area contributed by atoms with E-state index in [1.807, 2.05) is 18.2 Å². The molecule has 0 spiro atoms. The quantitative estimate of drug-likeness (QED) is 0.183. The van der Waals surface area contributed by atoms with Crippen LogP contribution in [0.3, 0.4) is 0 Å². The van der Waals surface area contributed by atoms with Gasteiger partial charge >= 0.3 is 0 Å². The molecule has 0 amide bonds. The molecule has 256 valence electrons. The summed E-state index contributed by atoms with van der Waals surface area (Å²) in [5.74, 6) is 0.691. The number of fused-ring (bicyclic) bond motifs is 12. The Balaban J connectivity index is 1.19. The van der Waals surface area contributed by atoms with Gasteiger partial charge in [-0.2, -0.15) is 0 Å². The molecule has 4 aromatic heterocycles. The highest BCUT2D eigenvalue weighted by Crippen LogP contribution is 2.45. The SMILES string of the molecule is c1ccc(-c2nc(-c3cccc(-n4c5ccccc5c5ccc6c7ccc8c9ccccc9oc8c7n(-c7ccccc7)c6c54)c3)nc3ccccc23)cc1. The largest absolute Gasteiger partial charge is 0.454 e. The van der Waals surface area contributed by atoms with Crippen LogP contribution in [0.25, 0.3) is 110 Å². The third kappa shape index (κ3) is 4.35. The molecule has 4 heterocycles. The van der Waals surface area contributed by atoms with E-state index in [2.05, 4.69) is 173 Å². The second-order valence-electron chi connectivity index (χ2n) is 14.1. The van der Waals surface area contributed by atoms with Gasteiger partial charge in [-0.3, -0.25) is 0 Å². The van der Waals surface area contributed by atoms with Crippen molar-refractivity contribution >= 4 is 76.5 Å². The van der Waals surface area contributed by atoms with Crippen molar-refractivity contribution in [1.29, 1.82) is 0 Å². The molecule has 0 fully saturated rings. The van der Waals surface area contributed by atoms with E-state index in [4.69, 9.17) is 14.4 Å². The fourth-order valence-corrected chi connectivity index (χ4v) is 8.72. The second-order valence-corrected chi connectivity index (χ2v) is 14.1. The predicted octanol–water partition coefficient (Wildman–Crippen LogP) is 13.1. The van der Waals surface area contributed by atoms with Crippen molar-refractivity contribution in [3.63, 3.8) is 0 Å². The molecule has 0 radical (unpaired) electrons. The average molecular weight is 703 g/mol. The predicted molar refractivity (Wildman–Crippen MR) is 226 cm³/mol. The van der Waals surface area contributed by atoms with Crippen molar-refractivity contribution in [1.82, 2.24) is 19.1 Å². The molecule has 0 aliphatic heterocycles. The van der Waals surface area contributed by atoms with E-state index in [1.54, 1.807) is 0 Å². The summed E-state index contributed by atoms with van der Waals surface area (Å²) in [6, 6.07) is 64.1. The monoisotopic (exact) mass is 702 g/mol. The summed E-state index contributed by atoms with van der Waals surface area (Å²) in [6.45, 7) is 0. The molecule has 5 nitrogen and oxygen atoms in total. The van der Waals surface area contributed by atoms with Crippen molar-refractivity contribution in [2.24, 2.45) is 0 Å². The fraction of sp³-hybridized carbons (Fsp3) is 0. The van der Waals surface area contributed by atoms with Gasteiger partial charge in [0.15, 0.2) is 11.4 Å². The molecular weight excluding hydrogens is 673 g/mol. The maximum absolute atomic E-state index is 6.74. The topological polar surface area (TPSA) is 48.8 Å². The molecule has 0 unspecified atom stereocenters. The third-order valence-corrected chi connectivity index (χ3v) is 11.1. The molecule has 0 saturated heterocycles. The first kappa shape index (κ1) is 30.0. The highest BCUT2D eigenvalue weighted by molar-refractivity contribution is 6.27. The lowest BCUT2D eigenvalue weighted by Crippen LogP contribution is -2.00. The highest BCUT2D eigenvalue weighted by atomic mass is 16.3. The zero-order chi connectivity index (χ0) is 36.0. The summed E-state index contributed by atoms with van der Waals surface area (Å²) >= 11 is 0. The summed E-state index contributed by atoms with van der Waals surface area (Å²) in [5.41, 5.74) is 12.2. The van der Waals surface area contributed by atoms with E-state index in [9.17, 15) is 0 Å². The van der Waals surface area contributed by atoms with Crippen molar-refractivity contribution < 1.29 is 4.42 Å². The highest BCUT2D eigenvalue weighted by Gasteiger charge is 2.24. The number of aromatic nitrogens is 4. The summed E-state index contributed by atoms with van der Waals surface area (Å²) < 4.78 is 11.6. The number of para-hydroxylation sites is 4. The first-order valence-electron chi connectivity index (χ1n) is 18.6. The molecule has 0 saturated carbocycles. The Morgan fingerprint density at radius 2 is 0.982 bits per heavy atom. The number of furan rings is 1. The van der Waals surface area contributed by atoms with Gasteiger partial charge in [-0.05, 0) is 48.5 Å². The first-order chi connectivity index (χ1) is 27.3. The lowest BCUT2D eigenvalue weighted by atomic mass is 10.1. The summed E-state index contributed by atoms with van der Waals surface area (Å²) in [5, 5.41) is 7.95. The molecular formula is C50H30N4O. The molecule has 0 aliphatic carbocycles. The Labute approximate surface area is 315 Å². The lowest BCUT2D eigenvalue weighted by molar-refractivity contribution is 0.671. The van der Waals surface area contributed by atoms with Gasteiger partial charge in [-0.25, -0.2) is 9.97 Å². The summed E-state index contributed by atoms with van der Waals surface area (Å²) in [7, 11) is 0. The molecule has 0 bridgehead atoms. The maximum Gasteiger partial charge on any atom is 0.160 e. The van der Waals surface area contributed by atoms with Crippen LogP contribution in [0.5, 0.6) is 0 Å². The number of rotatable bonds is 4. The van der Waals surface area contributed by atoms with E-state index < -0.39 is 0 Å². The van der Waals surface area contributed by atoms with Gasteiger partial charge in [0.2, 0.25) is 0 Å². The standard InChI is InChI=1S/C50H30N4O/c1-3-14-31(15-4-1)45-41-22-7-10-23-42(41)51-50(52-45)32-16-13-19-34(30-32)53-43-24-11-8-20-35(43)37-26-27-38-39-28-29-40-36-21-9-12-25-44(36)55-49(40)48(39)54(47(38)46(37)53)33-17-5-2-6-18-33/h1-30H. The van der Waals surface area contributed by atoms with Crippen LogP contribution in [0.4, 0.5) is 0 Å². The Morgan fingerprint density at radius 3 is 1.82 bits per heavy atom. The van der Waals surface area contributed by atoms with Crippen LogP contribution in [-0.2, 0) is 0 Å². The van der Waals surface area contributed by atoms with Crippen LogP contribution in [-0.4, -0.2) is 19.1 Å². The molecule has 55 heavy (non-hydrogen) atoms. The Hall–Kier alpha value is -7.50. The van der Waals surface area contributed by atoms with Gasteiger partial charge in [0, 0.05) is 60.2 Å². The van der Waals surface area contributed by atoms with Crippen molar-refractivity contribution in [3.8, 4) is 34.0 Å². The molecule has 8 aromatic carbocycles. The minimum Gasteiger partial charge on any atom is -0.454 e. The van der Waals surface area contributed by atoms with Gasteiger partial charge in [0.05, 0.1) is 33.3 Å². The fourth-order valence-electron chi connectivity index (χ4n) is 8.72. The van der Waals surface area contributed by atoms with Crippen LogP contribution in [0.15, 0.2) is 186 Å². The van der Waals surface area contributed by atoms with E-state index in [1.165, 1.54) is 16.2 Å². The zero-order valence-corrected chi connectivity index (χ0v) is 29.5. The van der Waals surface area contributed by atoms with Gasteiger partial charge in [-0.15, -0.1) is 0 Å². The van der Waals surface area contributed by atoms with Gasteiger partial charge < -0.3 is 13.6 Å². The number of hydrogen-bond acceptors (Lipinski definition) is 3. The smallest absolute Gasteiger partial charge is 0.160 e. The Bertz CT molecular complexity index is 3480. The third-order valence-electron chi connectivity index (χ3n) is 11.1. The molecule has 5 heteroatoms. The first-order valence-corrected chi connectivity index (χ1v) is 18.6. The average Bonchev–Trinajstić information content (AvgIpc) is 3.92. The Kier molecular flexibility index (Phi) is 6.27. The summed E-state index contributed by atoms with van der Waals surface area (Å²) in [6.07, 6.45) is 0. The van der Waals surface area contributed by atoms with Crippen LogP contribution in [0, 0.1) is 0 Å². The van der Waals surface area contributed by atoms with Crippen LogP contribution in [0.1, 0.15) is 0 Å². The number of hydrogen-bond donors (Lipinski definition) is 0. The minimum absolute atomic E-state index is 0.691. The van der Waals surface area contributed by atoms with Crippen molar-refractivity contribution in [3.05, 3.63) is 182 Å². The maximum atomic E-state index is 6.74. The second kappa shape index (κ2) is 11.5. The number of benzene rings is 8. The van der Waals surface area contributed by atoms with Gasteiger partial charge in [0.25, 0.3) is 0 Å². The molecule has 0 N–H and O–H groups in total. The van der Waals surface area contributed by atoms with Crippen LogP contribution >= 0.6 is 0 Å². The van der Waals surface area contributed by atoms with Crippen LogP contribution in [0.2, 0.25) is 0 Å². The Morgan fingerprint density at radius 1 is 0.382 bits per heavy atom. The molecule has 0 atom stereocenters.